The molecule has 0 fully saturated rings. The molecule has 0 radical (unpaired) electrons. The highest BCUT2D eigenvalue weighted by molar-refractivity contribution is 7.90. The zero-order valence-corrected chi connectivity index (χ0v) is 18.1. The van der Waals surface area contributed by atoms with E-state index in [9.17, 15) is 18.0 Å². The number of alkyl carbamates (subject to hydrolysis) is 1. The van der Waals surface area contributed by atoms with Gasteiger partial charge in [-0.3, -0.25) is 9.52 Å². The molecule has 0 aliphatic heterocycles. The molecule has 9 heteroatoms. The van der Waals surface area contributed by atoms with Gasteiger partial charge < -0.3 is 15.0 Å². The van der Waals surface area contributed by atoms with Crippen LogP contribution >= 0.6 is 0 Å². The highest BCUT2D eigenvalue weighted by atomic mass is 32.2. The molecule has 2 aromatic rings. The largest absolute Gasteiger partial charge is 0.444 e. The van der Waals surface area contributed by atoms with Crippen molar-refractivity contribution in [2.45, 2.75) is 58.6 Å². The number of aromatic nitrogens is 1. The van der Waals surface area contributed by atoms with Gasteiger partial charge in [0.15, 0.2) is 0 Å². The van der Waals surface area contributed by atoms with Crippen LogP contribution in [0.1, 0.15) is 46.1 Å². The number of para-hydroxylation sites is 1. The third-order valence-electron chi connectivity index (χ3n) is 4.13. The quantitative estimate of drug-likeness (QED) is 0.603. The number of nitrogens with one attached hydrogen (secondary N) is 3. The number of amides is 2. The van der Waals surface area contributed by atoms with Crippen LogP contribution in [0.3, 0.4) is 0 Å². The van der Waals surface area contributed by atoms with Gasteiger partial charge in [-0.05, 0) is 38.8 Å². The Bertz CT molecular complexity index is 960. The molecule has 2 amide bonds. The third kappa shape index (κ3) is 7.08. The lowest BCUT2D eigenvalue weighted by molar-refractivity contribution is -0.121. The molecule has 0 saturated carbocycles. The fourth-order valence-electron chi connectivity index (χ4n) is 2.79. The first-order valence-electron chi connectivity index (χ1n) is 9.59. The summed E-state index contributed by atoms with van der Waals surface area (Å²) < 4.78 is 31.6. The minimum Gasteiger partial charge on any atom is -0.444 e. The Morgan fingerprint density at radius 2 is 1.90 bits per heavy atom. The summed E-state index contributed by atoms with van der Waals surface area (Å²) in [6.45, 7) is 6.98. The maximum atomic E-state index is 12.7. The second-order valence-corrected chi connectivity index (χ2v) is 9.74. The van der Waals surface area contributed by atoms with E-state index in [0.717, 1.165) is 16.5 Å². The number of carbonyl (C=O) groups excluding carboxylic acids is 2. The second-order valence-electron chi connectivity index (χ2n) is 7.90. The maximum Gasteiger partial charge on any atom is 0.408 e. The molecule has 1 aromatic heterocycles. The number of unbranched alkanes of at least 4 members (excludes halogenated alkanes) is 1. The van der Waals surface area contributed by atoms with Crippen molar-refractivity contribution < 1.29 is 22.7 Å². The van der Waals surface area contributed by atoms with Gasteiger partial charge in [0.05, 0.1) is 5.75 Å². The Morgan fingerprint density at radius 1 is 1.21 bits per heavy atom. The van der Waals surface area contributed by atoms with Gasteiger partial charge in [0.25, 0.3) is 5.91 Å². The van der Waals surface area contributed by atoms with Crippen molar-refractivity contribution in [3.05, 3.63) is 36.0 Å². The number of carbonyl (C=O) groups is 2. The molecule has 0 spiro atoms. The Hall–Kier alpha value is -2.55. The maximum absolute atomic E-state index is 12.7. The van der Waals surface area contributed by atoms with E-state index < -0.39 is 33.7 Å². The highest BCUT2D eigenvalue weighted by Crippen LogP contribution is 2.19. The molecule has 3 N–H and O–H groups in total. The van der Waals surface area contributed by atoms with Gasteiger partial charge in [-0.15, -0.1) is 0 Å². The molecule has 0 aliphatic carbocycles. The van der Waals surface area contributed by atoms with Gasteiger partial charge in [-0.2, -0.15) is 0 Å². The molecule has 1 atom stereocenters. The Morgan fingerprint density at radius 3 is 2.55 bits per heavy atom. The first-order valence-corrected chi connectivity index (χ1v) is 11.2. The monoisotopic (exact) mass is 423 g/mol. The molecule has 8 nitrogen and oxygen atoms in total. The summed E-state index contributed by atoms with van der Waals surface area (Å²) in [6, 6.07) is 6.42. The van der Waals surface area contributed by atoms with E-state index in [2.05, 4.69) is 15.0 Å². The highest BCUT2D eigenvalue weighted by Gasteiger charge is 2.28. The van der Waals surface area contributed by atoms with E-state index in [1.807, 2.05) is 31.2 Å². The van der Waals surface area contributed by atoms with Gasteiger partial charge in [-0.25, -0.2) is 13.2 Å². The van der Waals surface area contributed by atoms with Gasteiger partial charge in [0, 0.05) is 23.5 Å². The molecule has 0 saturated heterocycles. The van der Waals surface area contributed by atoms with E-state index in [4.69, 9.17) is 4.74 Å². The third-order valence-corrected chi connectivity index (χ3v) is 5.47. The minimum atomic E-state index is -3.78. The molecular weight excluding hydrogens is 394 g/mol. The van der Waals surface area contributed by atoms with E-state index in [0.29, 0.717) is 12.8 Å². The van der Waals surface area contributed by atoms with E-state index in [-0.39, 0.29) is 12.2 Å². The summed E-state index contributed by atoms with van der Waals surface area (Å²) in [7, 11) is -3.78. The average Bonchev–Trinajstić information content (AvgIpc) is 3.00. The number of aromatic amines is 1. The van der Waals surface area contributed by atoms with Crippen LogP contribution in [-0.2, 0) is 26.0 Å². The molecule has 29 heavy (non-hydrogen) atoms. The Kier molecular flexibility index (Phi) is 7.29. The normalized spacial score (nSPS) is 13.1. The van der Waals surface area contributed by atoms with Crippen molar-refractivity contribution in [2.24, 2.45) is 0 Å². The zero-order chi connectivity index (χ0) is 21.7. The summed E-state index contributed by atoms with van der Waals surface area (Å²) in [5.74, 6) is -0.946. The van der Waals surface area contributed by atoms with Crippen LogP contribution in [-0.4, -0.2) is 42.8 Å². The minimum absolute atomic E-state index is 0.110. The number of fused-ring (bicyclic) bond motifs is 1. The molecular formula is C20H29N3O5S. The molecule has 1 aromatic carbocycles. The Labute approximate surface area is 171 Å². The van der Waals surface area contributed by atoms with Crippen LogP contribution in [0.5, 0.6) is 0 Å². The summed E-state index contributed by atoms with van der Waals surface area (Å²) in [5, 5.41) is 3.40. The van der Waals surface area contributed by atoms with Crippen LogP contribution in [0.2, 0.25) is 0 Å². The Balaban J connectivity index is 2.22. The van der Waals surface area contributed by atoms with Crippen molar-refractivity contribution in [3.63, 3.8) is 0 Å². The lowest BCUT2D eigenvalue weighted by Gasteiger charge is -2.23. The predicted octanol–water partition coefficient (Wildman–Crippen LogP) is 2.85. The van der Waals surface area contributed by atoms with Gasteiger partial charge in [0.1, 0.15) is 11.6 Å². The molecule has 0 unspecified atom stereocenters. The summed E-state index contributed by atoms with van der Waals surface area (Å²) >= 11 is 0. The summed E-state index contributed by atoms with van der Waals surface area (Å²) in [6.07, 6.45) is 2.19. The topological polar surface area (TPSA) is 117 Å². The smallest absolute Gasteiger partial charge is 0.408 e. The number of hydrogen-bond donors (Lipinski definition) is 3. The van der Waals surface area contributed by atoms with Crippen molar-refractivity contribution in [2.75, 3.05) is 5.75 Å². The summed E-state index contributed by atoms with van der Waals surface area (Å²) in [5.41, 5.74) is 0.913. The zero-order valence-electron chi connectivity index (χ0n) is 17.2. The van der Waals surface area contributed by atoms with Crippen LogP contribution < -0.4 is 10.0 Å². The van der Waals surface area contributed by atoms with Crippen LogP contribution in [0.4, 0.5) is 4.79 Å². The number of ether oxygens (including phenoxy) is 1. The van der Waals surface area contributed by atoms with Crippen molar-refractivity contribution in [1.29, 1.82) is 0 Å². The predicted molar refractivity (Wildman–Crippen MR) is 112 cm³/mol. The lowest BCUT2D eigenvalue weighted by Crippen LogP contribution is -2.51. The number of hydrogen-bond acceptors (Lipinski definition) is 5. The lowest BCUT2D eigenvalue weighted by atomic mass is 10.0. The number of sulfonamides is 1. The molecule has 0 aliphatic rings. The fraction of sp³-hybridized carbons (Fsp3) is 0.500. The van der Waals surface area contributed by atoms with E-state index >= 15 is 0 Å². The first kappa shape index (κ1) is 22.7. The molecule has 160 valence electrons. The fourth-order valence-corrected chi connectivity index (χ4v) is 4.01. The number of benzene rings is 1. The first-order chi connectivity index (χ1) is 13.5. The van der Waals surface area contributed by atoms with Gasteiger partial charge in [-0.1, -0.05) is 31.5 Å². The van der Waals surface area contributed by atoms with Gasteiger partial charge >= 0.3 is 6.09 Å². The van der Waals surface area contributed by atoms with Gasteiger partial charge in [0.2, 0.25) is 10.0 Å². The molecule has 0 bridgehead atoms. The van der Waals surface area contributed by atoms with Crippen molar-refractivity contribution in [1.82, 2.24) is 15.0 Å². The van der Waals surface area contributed by atoms with Crippen LogP contribution in [0.25, 0.3) is 10.9 Å². The van der Waals surface area contributed by atoms with Crippen molar-refractivity contribution in [3.8, 4) is 0 Å². The second kappa shape index (κ2) is 9.30. The van der Waals surface area contributed by atoms with E-state index in [1.54, 1.807) is 27.0 Å². The SMILES string of the molecule is CCCCS(=O)(=O)NC(=O)[C@H](Cc1c[nH]c2ccccc12)NC(=O)OC(C)(C)C. The van der Waals surface area contributed by atoms with Crippen LogP contribution in [0.15, 0.2) is 30.5 Å². The number of rotatable bonds is 8. The number of H-pyrrole nitrogens is 1. The average molecular weight is 424 g/mol. The summed E-state index contributed by atoms with van der Waals surface area (Å²) in [4.78, 5) is 28.1. The molecule has 1 heterocycles. The van der Waals surface area contributed by atoms with E-state index in [1.165, 1.54) is 0 Å². The molecule has 2 rings (SSSR count). The van der Waals surface area contributed by atoms with Crippen molar-refractivity contribution >= 4 is 32.9 Å². The standard InChI is InChI=1S/C20H29N3O5S/c1-5-6-11-29(26,27)23-18(24)17(22-19(25)28-20(2,3)4)12-14-13-21-16-10-8-7-9-15(14)16/h7-10,13,17,21H,5-6,11-12H2,1-4H3,(H,22,25)(H,23,24)/t17-/m0/s1. The van der Waals surface area contributed by atoms with Crippen LogP contribution in [0, 0.1) is 0 Å².